The summed E-state index contributed by atoms with van der Waals surface area (Å²) >= 11 is 0. The Bertz CT molecular complexity index is 363. The minimum Gasteiger partial charge on any atom is -0.484 e. The molecule has 3 nitrogen and oxygen atoms in total. The minimum absolute atomic E-state index is 0.0683. The van der Waals surface area contributed by atoms with Crippen LogP contribution in [-0.4, -0.2) is 18.6 Å². The highest BCUT2D eigenvalue weighted by molar-refractivity contribution is 5.77. The van der Waals surface area contributed by atoms with Crippen molar-refractivity contribution in [1.82, 2.24) is 5.32 Å². The van der Waals surface area contributed by atoms with Gasteiger partial charge >= 0.3 is 0 Å². The Labute approximate surface area is 103 Å². The monoisotopic (exact) mass is 235 g/mol. The Balaban J connectivity index is 2.41. The van der Waals surface area contributed by atoms with Crippen LogP contribution in [0.3, 0.4) is 0 Å². The van der Waals surface area contributed by atoms with Gasteiger partial charge in [-0.25, -0.2) is 0 Å². The molecule has 0 fully saturated rings. The molecular weight excluding hydrogens is 214 g/mol. The van der Waals surface area contributed by atoms with E-state index in [1.165, 1.54) is 5.56 Å². The van der Waals surface area contributed by atoms with Crippen molar-refractivity contribution in [3.8, 4) is 5.75 Å². The van der Waals surface area contributed by atoms with E-state index in [1.807, 2.05) is 38.1 Å². The zero-order valence-corrected chi connectivity index (χ0v) is 10.8. The molecule has 17 heavy (non-hydrogen) atoms. The molecular formula is C14H21NO2. The maximum absolute atomic E-state index is 11.5. The maximum atomic E-state index is 11.5. The normalized spacial score (nSPS) is 11.9. The van der Waals surface area contributed by atoms with Gasteiger partial charge in [0.1, 0.15) is 5.75 Å². The van der Waals surface area contributed by atoms with Crippen molar-refractivity contribution >= 4 is 5.91 Å². The van der Waals surface area contributed by atoms with Gasteiger partial charge in [-0.1, -0.05) is 26.0 Å². The number of benzene rings is 1. The van der Waals surface area contributed by atoms with Crippen molar-refractivity contribution in [1.29, 1.82) is 0 Å². The topological polar surface area (TPSA) is 38.3 Å². The number of carbonyl (C=O) groups is 1. The molecule has 0 aliphatic rings. The number of ether oxygens (including phenoxy) is 1. The summed E-state index contributed by atoms with van der Waals surface area (Å²) in [4.78, 5) is 11.5. The predicted molar refractivity (Wildman–Crippen MR) is 69.2 cm³/mol. The number of aryl methyl sites for hydroxylation is 1. The van der Waals surface area contributed by atoms with Gasteiger partial charge in [-0.3, -0.25) is 4.79 Å². The Hall–Kier alpha value is -1.51. The van der Waals surface area contributed by atoms with E-state index in [0.717, 1.165) is 18.6 Å². The average Bonchev–Trinajstić information content (AvgIpc) is 2.36. The fourth-order valence-corrected chi connectivity index (χ4v) is 1.42. The molecule has 0 aliphatic heterocycles. The van der Waals surface area contributed by atoms with Crippen molar-refractivity contribution < 1.29 is 9.53 Å². The molecule has 1 rings (SSSR count). The molecule has 0 aromatic heterocycles. The Morgan fingerprint density at radius 3 is 2.82 bits per heavy atom. The standard InChI is InChI=1S/C14H21NO2/c1-4-11(3)15-14(16)10-17-13-8-6-7-12(5-2)9-13/h6-9,11H,4-5,10H2,1-3H3,(H,15,16)/t11-/m1/s1. The van der Waals surface area contributed by atoms with Crippen LogP contribution in [0.25, 0.3) is 0 Å². The lowest BCUT2D eigenvalue weighted by Gasteiger charge is -2.12. The summed E-state index contributed by atoms with van der Waals surface area (Å²) in [5.41, 5.74) is 1.21. The SMILES string of the molecule is CCc1cccc(OCC(=O)N[C@H](C)CC)c1. The number of carbonyl (C=O) groups excluding carboxylic acids is 1. The van der Waals surface area contributed by atoms with E-state index >= 15 is 0 Å². The third kappa shape index (κ3) is 4.89. The second kappa shape index (κ2) is 6.94. The van der Waals surface area contributed by atoms with E-state index in [2.05, 4.69) is 12.2 Å². The van der Waals surface area contributed by atoms with Gasteiger partial charge in [0.2, 0.25) is 0 Å². The molecule has 0 aliphatic carbocycles. The van der Waals surface area contributed by atoms with Crippen LogP contribution in [0.5, 0.6) is 5.75 Å². The summed E-state index contributed by atoms with van der Waals surface area (Å²) in [7, 11) is 0. The van der Waals surface area contributed by atoms with Gasteiger partial charge in [-0.2, -0.15) is 0 Å². The summed E-state index contributed by atoms with van der Waals surface area (Å²) in [6.07, 6.45) is 1.90. The first-order chi connectivity index (χ1) is 8.15. The lowest BCUT2D eigenvalue weighted by molar-refractivity contribution is -0.123. The van der Waals surface area contributed by atoms with Crippen molar-refractivity contribution in [2.24, 2.45) is 0 Å². The summed E-state index contributed by atoms with van der Waals surface area (Å²) in [6, 6.07) is 8.03. The number of hydrogen-bond acceptors (Lipinski definition) is 2. The Kier molecular flexibility index (Phi) is 5.53. The largest absolute Gasteiger partial charge is 0.484 e. The fraction of sp³-hybridized carbons (Fsp3) is 0.500. The molecule has 1 atom stereocenters. The van der Waals surface area contributed by atoms with Crippen LogP contribution in [0.1, 0.15) is 32.8 Å². The zero-order valence-electron chi connectivity index (χ0n) is 10.8. The van der Waals surface area contributed by atoms with Crippen molar-refractivity contribution in [3.05, 3.63) is 29.8 Å². The molecule has 0 bridgehead atoms. The molecule has 1 amide bonds. The van der Waals surface area contributed by atoms with E-state index in [0.29, 0.717) is 0 Å². The zero-order chi connectivity index (χ0) is 12.7. The maximum Gasteiger partial charge on any atom is 0.258 e. The molecule has 0 radical (unpaired) electrons. The summed E-state index contributed by atoms with van der Waals surface area (Å²) in [6.45, 7) is 6.19. The smallest absolute Gasteiger partial charge is 0.258 e. The van der Waals surface area contributed by atoms with Crippen molar-refractivity contribution in [3.63, 3.8) is 0 Å². The third-order valence-corrected chi connectivity index (χ3v) is 2.70. The second-order valence-corrected chi connectivity index (χ2v) is 4.17. The lowest BCUT2D eigenvalue weighted by Crippen LogP contribution is -2.35. The highest BCUT2D eigenvalue weighted by atomic mass is 16.5. The molecule has 0 unspecified atom stereocenters. The molecule has 1 aromatic carbocycles. The summed E-state index contributed by atoms with van der Waals surface area (Å²) < 4.78 is 5.44. The quantitative estimate of drug-likeness (QED) is 0.823. The van der Waals surface area contributed by atoms with Crippen LogP contribution in [-0.2, 0) is 11.2 Å². The van der Waals surface area contributed by atoms with E-state index < -0.39 is 0 Å². The lowest BCUT2D eigenvalue weighted by atomic mass is 10.2. The predicted octanol–water partition coefficient (Wildman–Crippen LogP) is 2.54. The summed E-state index contributed by atoms with van der Waals surface area (Å²) in [5, 5.41) is 2.86. The average molecular weight is 235 g/mol. The van der Waals surface area contributed by atoms with E-state index in [9.17, 15) is 4.79 Å². The first-order valence-corrected chi connectivity index (χ1v) is 6.16. The molecule has 0 spiro atoms. The van der Waals surface area contributed by atoms with E-state index in [-0.39, 0.29) is 18.6 Å². The van der Waals surface area contributed by atoms with Gasteiger partial charge in [-0.05, 0) is 37.5 Å². The van der Waals surface area contributed by atoms with Gasteiger partial charge in [0.15, 0.2) is 6.61 Å². The van der Waals surface area contributed by atoms with Gasteiger partial charge < -0.3 is 10.1 Å². The highest BCUT2D eigenvalue weighted by Gasteiger charge is 2.06. The van der Waals surface area contributed by atoms with Gasteiger partial charge in [0.05, 0.1) is 0 Å². The molecule has 0 saturated carbocycles. The fourth-order valence-electron chi connectivity index (χ4n) is 1.42. The minimum atomic E-state index is -0.0683. The Morgan fingerprint density at radius 1 is 1.41 bits per heavy atom. The van der Waals surface area contributed by atoms with Gasteiger partial charge in [0, 0.05) is 6.04 Å². The van der Waals surface area contributed by atoms with Crippen LogP contribution < -0.4 is 10.1 Å². The highest BCUT2D eigenvalue weighted by Crippen LogP contribution is 2.13. The Morgan fingerprint density at radius 2 is 2.18 bits per heavy atom. The molecule has 3 heteroatoms. The number of rotatable bonds is 6. The van der Waals surface area contributed by atoms with Crippen molar-refractivity contribution in [2.45, 2.75) is 39.7 Å². The second-order valence-electron chi connectivity index (χ2n) is 4.17. The molecule has 0 saturated heterocycles. The van der Waals surface area contributed by atoms with Crippen molar-refractivity contribution in [2.75, 3.05) is 6.61 Å². The van der Waals surface area contributed by atoms with Gasteiger partial charge in [0.25, 0.3) is 5.91 Å². The van der Waals surface area contributed by atoms with Crippen LogP contribution >= 0.6 is 0 Å². The first kappa shape index (κ1) is 13.6. The number of nitrogens with one attached hydrogen (secondary N) is 1. The number of hydrogen-bond donors (Lipinski definition) is 1. The molecule has 1 N–H and O–H groups in total. The summed E-state index contributed by atoms with van der Waals surface area (Å²) in [5.74, 6) is 0.685. The van der Waals surface area contributed by atoms with Crippen LogP contribution in [0, 0.1) is 0 Å². The van der Waals surface area contributed by atoms with Crippen LogP contribution in [0.4, 0.5) is 0 Å². The van der Waals surface area contributed by atoms with Crippen LogP contribution in [0.2, 0.25) is 0 Å². The molecule has 94 valence electrons. The van der Waals surface area contributed by atoms with E-state index in [1.54, 1.807) is 0 Å². The molecule has 0 heterocycles. The number of amides is 1. The third-order valence-electron chi connectivity index (χ3n) is 2.70. The first-order valence-electron chi connectivity index (χ1n) is 6.16. The van der Waals surface area contributed by atoms with Crippen LogP contribution in [0.15, 0.2) is 24.3 Å². The molecule has 1 aromatic rings. The van der Waals surface area contributed by atoms with Gasteiger partial charge in [-0.15, -0.1) is 0 Å². The van der Waals surface area contributed by atoms with E-state index in [4.69, 9.17) is 4.74 Å².